The van der Waals surface area contributed by atoms with Crippen molar-refractivity contribution in [2.75, 3.05) is 6.79 Å². The highest BCUT2D eigenvalue weighted by Gasteiger charge is 2.18. The van der Waals surface area contributed by atoms with Gasteiger partial charge in [0.25, 0.3) is 11.6 Å². The molecule has 0 bridgehead atoms. The van der Waals surface area contributed by atoms with Crippen LogP contribution in [0, 0.1) is 10.1 Å². The molecule has 0 spiro atoms. The van der Waals surface area contributed by atoms with Gasteiger partial charge < -0.3 is 9.47 Å². The van der Waals surface area contributed by atoms with Gasteiger partial charge in [0.2, 0.25) is 6.79 Å². The van der Waals surface area contributed by atoms with Crippen molar-refractivity contribution < 1.29 is 19.2 Å². The van der Waals surface area contributed by atoms with E-state index >= 15 is 0 Å². The summed E-state index contributed by atoms with van der Waals surface area (Å²) in [5, 5.41) is 26.1. The van der Waals surface area contributed by atoms with Gasteiger partial charge in [-0.15, -0.1) is 5.10 Å². The Morgan fingerprint density at radius 2 is 2.10 bits per heavy atom. The molecule has 0 saturated heterocycles. The molecule has 0 aliphatic carbocycles. The fourth-order valence-corrected chi connectivity index (χ4v) is 2.66. The lowest BCUT2D eigenvalue weighted by molar-refractivity contribution is -0.385. The normalized spacial score (nSPS) is 12.3. The third-order valence-electron chi connectivity index (χ3n) is 3.98. The molecule has 0 atom stereocenters. The van der Waals surface area contributed by atoms with E-state index < -0.39 is 10.8 Å². The maximum Gasteiger partial charge on any atom is 0.278 e. The lowest BCUT2D eigenvalue weighted by Gasteiger charge is -2.05. The summed E-state index contributed by atoms with van der Waals surface area (Å²) in [5.41, 5.74) is 3.10. The number of carbonyl (C=O) groups excluding carboxylic acids is 1. The first-order valence-electron chi connectivity index (χ1n) is 8.33. The summed E-state index contributed by atoms with van der Waals surface area (Å²) >= 11 is 0. The molecule has 0 saturated carbocycles. The Hall–Kier alpha value is -4.35. The van der Waals surface area contributed by atoms with Crippen molar-refractivity contribution in [3.63, 3.8) is 0 Å². The van der Waals surface area contributed by atoms with Crippen molar-refractivity contribution in [1.82, 2.24) is 25.6 Å². The summed E-state index contributed by atoms with van der Waals surface area (Å²) in [5.74, 6) is 1.04. The number of amides is 1. The molecule has 1 amide bonds. The summed E-state index contributed by atoms with van der Waals surface area (Å²) in [4.78, 5) is 22.6. The molecule has 29 heavy (non-hydrogen) atoms. The second-order valence-corrected chi connectivity index (χ2v) is 5.84. The Morgan fingerprint density at radius 1 is 1.28 bits per heavy atom. The minimum atomic E-state index is -0.526. The number of hydrogen-bond acceptors (Lipinski definition) is 9. The Bertz CT molecular complexity index is 1110. The van der Waals surface area contributed by atoms with Gasteiger partial charge in [0, 0.05) is 11.6 Å². The largest absolute Gasteiger partial charge is 0.454 e. The van der Waals surface area contributed by atoms with Gasteiger partial charge in [-0.2, -0.15) is 5.10 Å². The molecule has 1 aromatic heterocycles. The highest BCUT2D eigenvalue weighted by atomic mass is 16.7. The molecule has 4 rings (SSSR count). The molecular weight excluding hydrogens is 382 g/mol. The van der Waals surface area contributed by atoms with Gasteiger partial charge in [0.1, 0.15) is 6.54 Å². The number of rotatable bonds is 6. The molecule has 1 N–H and O–H groups in total. The van der Waals surface area contributed by atoms with Gasteiger partial charge in [-0.3, -0.25) is 14.9 Å². The van der Waals surface area contributed by atoms with Crippen molar-refractivity contribution in [2.24, 2.45) is 5.10 Å². The van der Waals surface area contributed by atoms with Crippen LogP contribution >= 0.6 is 0 Å². The van der Waals surface area contributed by atoms with Crippen LogP contribution in [0.25, 0.3) is 11.4 Å². The number of hydrogen-bond donors (Lipinski definition) is 1. The number of benzene rings is 2. The van der Waals surface area contributed by atoms with Gasteiger partial charge >= 0.3 is 0 Å². The molecule has 146 valence electrons. The summed E-state index contributed by atoms with van der Waals surface area (Å²) in [6.07, 6.45) is 1.20. The van der Waals surface area contributed by atoms with Crippen molar-refractivity contribution in [2.45, 2.75) is 6.54 Å². The Balaban J connectivity index is 1.44. The number of aromatic nitrogens is 4. The third kappa shape index (κ3) is 3.85. The molecular formula is C17H13N7O5. The molecule has 12 heteroatoms. The maximum atomic E-state index is 12.2. The highest BCUT2D eigenvalue weighted by Crippen LogP contribution is 2.35. The van der Waals surface area contributed by atoms with Crippen molar-refractivity contribution in [3.05, 3.63) is 58.1 Å². The number of ether oxygens (including phenoxy) is 2. The first-order valence-corrected chi connectivity index (χ1v) is 8.33. The number of nitrogens with zero attached hydrogens (tertiary/aromatic N) is 6. The van der Waals surface area contributed by atoms with Crippen LogP contribution < -0.4 is 14.9 Å². The second-order valence-electron chi connectivity index (χ2n) is 5.84. The molecule has 1 aliphatic heterocycles. The standard InChI is InChI=1S/C17H13N7O5/c25-16(19-18-8-12-3-1-2-4-13(12)24(26)27)9-23-17(20-21-22-23)11-5-6-14-15(7-11)29-10-28-14/h1-8H,9-10H2,(H,19,25)/b18-8+. The van der Waals surface area contributed by atoms with Crippen molar-refractivity contribution >= 4 is 17.8 Å². The molecule has 0 unspecified atom stereocenters. The lowest BCUT2D eigenvalue weighted by Crippen LogP contribution is -2.24. The predicted molar refractivity (Wildman–Crippen MR) is 98.2 cm³/mol. The number of nitro benzene ring substituents is 1. The van der Waals surface area contributed by atoms with E-state index in [2.05, 4.69) is 26.1 Å². The molecule has 2 aromatic carbocycles. The van der Waals surface area contributed by atoms with E-state index in [-0.39, 0.29) is 24.6 Å². The van der Waals surface area contributed by atoms with Gasteiger partial charge in [0.15, 0.2) is 17.3 Å². The SMILES string of the molecule is O=C(Cn1nnnc1-c1ccc2c(c1)OCO2)N/N=C/c1ccccc1[N+](=O)[O-]. The first-order chi connectivity index (χ1) is 14.1. The molecule has 3 aromatic rings. The number of carbonyl (C=O) groups is 1. The van der Waals surface area contributed by atoms with Gasteiger partial charge in [-0.1, -0.05) is 12.1 Å². The van der Waals surface area contributed by atoms with Crippen LogP contribution in [-0.2, 0) is 11.3 Å². The number of fused-ring (bicyclic) bond motifs is 1. The maximum absolute atomic E-state index is 12.2. The second kappa shape index (κ2) is 7.72. The first kappa shape index (κ1) is 18.0. The average Bonchev–Trinajstić information content (AvgIpc) is 3.36. The number of nitro groups is 1. The minimum absolute atomic E-state index is 0.115. The topological polar surface area (TPSA) is 147 Å². The zero-order valence-corrected chi connectivity index (χ0v) is 14.8. The van der Waals surface area contributed by atoms with Gasteiger partial charge in [0.05, 0.1) is 16.7 Å². The van der Waals surface area contributed by atoms with Gasteiger partial charge in [-0.05, 0) is 34.7 Å². The molecule has 0 fully saturated rings. The summed E-state index contributed by atoms with van der Waals surface area (Å²) in [6.45, 7) is -0.0608. The van der Waals surface area contributed by atoms with Crippen LogP contribution in [0.5, 0.6) is 11.5 Å². The van der Waals surface area contributed by atoms with E-state index in [1.165, 1.54) is 23.0 Å². The number of para-hydroxylation sites is 1. The smallest absolute Gasteiger partial charge is 0.278 e. The molecule has 2 heterocycles. The van der Waals surface area contributed by atoms with E-state index in [1.807, 2.05) is 0 Å². The van der Waals surface area contributed by atoms with Crippen molar-refractivity contribution in [3.8, 4) is 22.9 Å². The Morgan fingerprint density at radius 3 is 2.97 bits per heavy atom. The van der Waals surface area contributed by atoms with E-state index in [4.69, 9.17) is 9.47 Å². The van der Waals surface area contributed by atoms with Crippen LogP contribution in [-0.4, -0.2) is 44.0 Å². The van der Waals surface area contributed by atoms with E-state index in [0.717, 1.165) is 0 Å². The van der Waals surface area contributed by atoms with E-state index in [1.54, 1.807) is 30.3 Å². The van der Waals surface area contributed by atoms with Crippen LogP contribution in [0.3, 0.4) is 0 Å². The van der Waals surface area contributed by atoms with Crippen molar-refractivity contribution in [1.29, 1.82) is 0 Å². The zero-order chi connectivity index (χ0) is 20.2. The fourth-order valence-electron chi connectivity index (χ4n) is 2.66. The predicted octanol–water partition coefficient (Wildman–Crippen LogP) is 1.13. The van der Waals surface area contributed by atoms with Crippen LogP contribution in [0.2, 0.25) is 0 Å². The van der Waals surface area contributed by atoms with Crippen LogP contribution in [0.4, 0.5) is 5.69 Å². The Labute approximate surface area is 162 Å². The van der Waals surface area contributed by atoms with Crippen LogP contribution in [0.1, 0.15) is 5.56 Å². The average molecular weight is 395 g/mol. The van der Waals surface area contributed by atoms with E-state index in [9.17, 15) is 14.9 Å². The molecule has 1 aliphatic rings. The summed E-state index contributed by atoms with van der Waals surface area (Å²) in [7, 11) is 0. The van der Waals surface area contributed by atoms with Gasteiger partial charge in [-0.25, -0.2) is 10.1 Å². The zero-order valence-electron chi connectivity index (χ0n) is 14.8. The highest BCUT2D eigenvalue weighted by molar-refractivity contribution is 5.86. The lowest BCUT2D eigenvalue weighted by atomic mass is 10.2. The minimum Gasteiger partial charge on any atom is -0.454 e. The molecule has 0 radical (unpaired) electrons. The number of nitrogens with one attached hydrogen (secondary N) is 1. The quantitative estimate of drug-likeness (QED) is 0.371. The molecule has 12 nitrogen and oxygen atoms in total. The van der Waals surface area contributed by atoms with Crippen LogP contribution in [0.15, 0.2) is 47.6 Å². The fraction of sp³-hybridized carbons (Fsp3) is 0.118. The Kier molecular flexibility index (Phi) is 4.80. The van der Waals surface area contributed by atoms with E-state index in [0.29, 0.717) is 22.9 Å². The monoisotopic (exact) mass is 395 g/mol. The number of tetrazole rings is 1. The third-order valence-corrected chi connectivity index (χ3v) is 3.98. The summed E-state index contributed by atoms with van der Waals surface area (Å²) < 4.78 is 11.9. The number of hydrazone groups is 1. The summed E-state index contributed by atoms with van der Waals surface area (Å²) in [6, 6.07) is 11.2.